The lowest BCUT2D eigenvalue weighted by atomic mass is 9.95. The van der Waals surface area contributed by atoms with Crippen molar-refractivity contribution in [3.8, 4) is 0 Å². The van der Waals surface area contributed by atoms with Gasteiger partial charge in [0.2, 0.25) is 5.91 Å². The molecule has 26 heavy (non-hydrogen) atoms. The van der Waals surface area contributed by atoms with E-state index in [1.807, 2.05) is 4.57 Å². The van der Waals surface area contributed by atoms with Crippen LogP contribution in [0.15, 0.2) is 18.2 Å². The van der Waals surface area contributed by atoms with Crippen molar-refractivity contribution in [3.05, 3.63) is 51.6 Å². The number of amides is 1. The molecule has 138 valence electrons. The molecule has 3 heterocycles. The molecule has 1 fully saturated rings. The summed E-state index contributed by atoms with van der Waals surface area (Å²) in [7, 11) is 0. The fourth-order valence-corrected chi connectivity index (χ4v) is 4.13. The van der Waals surface area contributed by atoms with Crippen LogP contribution >= 0.6 is 12.2 Å². The third kappa shape index (κ3) is 3.19. The number of aromatic nitrogens is 2. The van der Waals surface area contributed by atoms with E-state index in [1.54, 1.807) is 0 Å². The fourth-order valence-electron chi connectivity index (χ4n) is 3.83. The summed E-state index contributed by atoms with van der Waals surface area (Å²) in [6, 6.07) is 3.94. The molecule has 0 aliphatic carbocycles. The maximum absolute atomic E-state index is 14.1. The molecule has 2 N–H and O–H groups in total. The molecular weight excluding hydrogens is 360 g/mol. The zero-order valence-electron chi connectivity index (χ0n) is 14.1. The van der Waals surface area contributed by atoms with Crippen molar-refractivity contribution in [3.63, 3.8) is 0 Å². The zero-order chi connectivity index (χ0) is 18.3. The summed E-state index contributed by atoms with van der Waals surface area (Å²) in [4.78, 5) is 15.4. The van der Waals surface area contributed by atoms with Crippen LogP contribution in [-0.2, 0) is 28.9 Å². The molecule has 1 aromatic heterocycles. The average Bonchev–Trinajstić information content (AvgIpc) is 3.28. The monoisotopic (exact) mass is 379 g/mol. The first-order valence-corrected chi connectivity index (χ1v) is 9.05. The number of benzene rings is 1. The maximum Gasteiger partial charge on any atom is 0.226 e. The molecule has 0 saturated carbocycles. The standard InChI is InChI=1S/C18H19F2N3O2S/c19-12-2-1-3-13(20)17(12)10-6-15-14(22-18(26)23(15)8-10)7-16(24)21-11-4-5-25-9-11/h1-3,10-11H,4-9H2,(H,21,24)(H,22,26). The second-order valence-electron chi connectivity index (χ2n) is 6.81. The molecule has 0 bridgehead atoms. The SMILES string of the molecule is O=C(Cc1[nH]c(=S)n2c1CC(c1c(F)cccc1F)C2)NC1CCOC1. The minimum atomic E-state index is -0.545. The highest BCUT2D eigenvalue weighted by atomic mass is 32.1. The van der Waals surface area contributed by atoms with E-state index in [-0.39, 0.29) is 29.9 Å². The number of nitrogens with one attached hydrogen (secondary N) is 2. The topological polar surface area (TPSA) is 59.0 Å². The smallest absolute Gasteiger partial charge is 0.226 e. The Kier molecular flexibility index (Phi) is 4.62. The molecule has 5 nitrogen and oxygen atoms in total. The van der Waals surface area contributed by atoms with E-state index in [0.717, 1.165) is 12.1 Å². The van der Waals surface area contributed by atoms with Gasteiger partial charge in [-0.1, -0.05) is 6.07 Å². The predicted molar refractivity (Wildman–Crippen MR) is 93.5 cm³/mol. The third-order valence-corrected chi connectivity index (χ3v) is 5.38. The molecule has 2 aliphatic heterocycles. The number of carbonyl (C=O) groups excluding carboxylic acids is 1. The predicted octanol–water partition coefficient (Wildman–Crippen LogP) is 2.61. The largest absolute Gasteiger partial charge is 0.379 e. The maximum atomic E-state index is 14.1. The van der Waals surface area contributed by atoms with E-state index in [9.17, 15) is 13.6 Å². The summed E-state index contributed by atoms with van der Waals surface area (Å²) in [6.45, 7) is 1.59. The van der Waals surface area contributed by atoms with Crippen LogP contribution in [0, 0.1) is 16.4 Å². The van der Waals surface area contributed by atoms with E-state index in [2.05, 4.69) is 10.3 Å². The molecule has 2 unspecified atom stereocenters. The summed E-state index contributed by atoms with van der Waals surface area (Å²) in [5.41, 5.74) is 1.65. The highest BCUT2D eigenvalue weighted by molar-refractivity contribution is 7.71. The third-order valence-electron chi connectivity index (χ3n) is 5.06. The van der Waals surface area contributed by atoms with Gasteiger partial charge in [-0.25, -0.2) is 8.78 Å². The van der Waals surface area contributed by atoms with Gasteiger partial charge in [0.15, 0.2) is 4.77 Å². The number of carbonyl (C=O) groups is 1. The van der Waals surface area contributed by atoms with Crippen LogP contribution in [0.1, 0.15) is 29.3 Å². The number of aromatic amines is 1. The molecule has 1 saturated heterocycles. The number of H-pyrrole nitrogens is 1. The molecule has 4 rings (SSSR count). The average molecular weight is 379 g/mol. The summed E-state index contributed by atoms with van der Waals surface area (Å²) < 4.78 is 35.8. The number of hydrogen-bond donors (Lipinski definition) is 2. The van der Waals surface area contributed by atoms with E-state index < -0.39 is 11.6 Å². The number of halogens is 2. The van der Waals surface area contributed by atoms with Gasteiger partial charge in [0.1, 0.15) is 11.6 Å². The summed E-state index contributed by atoms with van der Waals surface area (Å²) in [6.07, 6.45) is 1.42. The molecule has 0 radical (unpaired) electrons. The normalized spacial score (nSPS) is 21.8. The number of ether oxygens (including phenoxy) is 1. The van der Waals surface area contributed by atoms with Gasteiger partial charge < -0.3 is 19.6 Å². The summed E-state index contributed by atoms with van der Waals surface area (Å²) in [5, 5.41) is 2.94. The van der Waals surface area contributed by atoms with Crippen LogP contribution in [0.2, 0.25) is 0 Å². The van der Waals surface area contributed by atoms with Crippen LogP contribution in [0.3, 0.4) is 0 Å². The Morgan fingerprint density at radius 3 is 2.85 bits per heavy atom. The van der Waals surface area contributed by atoms with Crippen molar-refractivity contribution in [2.75, 3.05) is 13.2 Å². The number of rotatable bonds is 4. The molecule has 2 atom stereocenters. The molecule has 2 aromatic rings. The van der Waals surface area contributed by atoms with Crippen molar-refractivity contribution in [1.29, 1.82) is 0 Å². The second-order valence-corrected chi connectivity index (χ2v) is 7.19. The summed E-state index contributed by atoms with van der Waals surface area (Å²) in [5.74, 6) is -1.53. The highest BCUT2D eigenvalue weighted by Crippen LogP contribution is 2.34. The van der Waals surface area contributed by atoms with Crippen molar-refractivity contribution in [1.82, 2.24) is 14.9 Å². The lowest BCUT2D eigenvalue weighted by molar-refractivity contribution is -0.121. The van der Waals surface area contributed by atoms with Gasteiger partial charge in [-0.05, 0) is 37.2 Å². The van der Waals surface area contributed by atoms with Gasteiger partial charge in [-0.3, -0.25) is 4.79 Å². The summed E-state index contributed by atoms with van der Waals surface area (Å²) >= 11 is 5.33. The molecule has 1 amide bonds. The quantitative estimate of drug-likeness (QED) is 0.803. The van der Waals surface area contributed by atoms with Crippen molar-refractivity contribution >= 4 is 18.1 Å². The second kappa shape index (κ2) is 6.92. The van der Waals surface area contributed by atoms with Gasteiger partial charge in [-0.15, -0.1) is 0 Å². The Morgan fingerprint density at radius 1 is 1.38 bits per heavy atom. The van der Waals surface area contributed by atoms with Gasteiger partial charge >= 0.3 is 0 Å². The van der Waals surface area contributed by atoms with Crippen LogP contribution in [0.4, 0.5) is 8.78 Å². The molecule has 8 heteroatoms. The molecule has 0 spiro atoms. The van der Waals surface area contributed by atoms with E-state index in [1.165, 1.54) is 18.2 Å². The first-order valence-electron chi connectivity index (χ1n) is 8.64. The first-order chi connectivity index (χ1) is 12.5. The molecular formula is C18H19F2N3O2S. The minimum absolute atomic E-state index is 0.0430. The van der Waals surface area contributed by atoms with Gasteiger partial charge in [-0.2, -0.15) is 0 Å². The number of nitrogens with zero attached hydrogens (tertiary/aromatic N) is 1. The lowest BCUT2D eigenvalue weighted by Gasteiger charge is -2.12. The van der Waals surface area contributed by atoms with Crippen molar-refractivity contribution in [2.45, 2.75) is 37.8 Å². The number of imidazole rings is 1. The first kappa shape index (κ1) is 17.4. The minimum Gasteiger partial charge on any atom is -0.379 e. The van der Waals surface area contributed by atoms with Gasteiger partial charge in [0.25, 0.3) is 0 Å². The lowest BCUT2D eigenvalue weighted by Crippen LogP contribution is -2.36. The number of fused-ring (bicyclic) bond motifs is 1. The van der Waals surface area contributed by atoms with Crippen LogP contribution in [0.5, 0.6) is 0 Å². The van der Waals surface area contributed by atoms with Gasteiger partial charge in [0, 0.05) is 36.0 Å². The van der Waals surface area contributed by atoms with E-state index in [0.29, 0.717) is 36.6 Å². The Labute approximate surface area is 154 Å². The van der Waals surface area contributed by atoms with E-state index >= 15 is 0 Å². The molecule has 2 aliphatic rings. The van der Waals surface area contributed by atoms with Crippen molar-refractivity contribution in [2.24, 2.45) is 0 Å². The zero-order valence-corrected chi connectivity index (χ0v) is 14.9. The highest BCUT2D eigenvalue weighted by Gasteiger charge is 2.31. The van der Waals surface area contributed by atoms with Crippen molar-refractivity contribution < 1.29 is 18.3 Å². The Bertz CT molecular complexity index is 882. The number of hydrogen-bond acceptors (Lipinski definition) is 3. The van der Waals surface area contributed by atoms with Gasteiger partial charge in [0.05, 0.1) is 19.1 Å². The Hall–Kier alpha value is -2.06. The Balaban J connectivity index is 1.53. The van der Waals surface area contributed by atoms with E-state index in [4.69, 9.17) is 17.0 Å². The van der Waals surface area contributed by atoms with Crippen LogP contribution in [0.25, 0.3) is 0 Å². The molecule has 1 aromatic carbocycles. The van der Waals surface area contributed by atoms with Crippen LogP contribution < -0.4 is 5.32 Å². The fraction of sp³-hybridized carbons (Fsp3) is 0.444. The van der Waals surface area contributed by atoms with Crippen LogP contribution in [-0.4, -0.2) is 34.7 Å². The Morgan fingerprint density at radius 2 is 2.15 bits per heavy atom.